The van der Waals surface area contributed by atoms with E-state index in [1.165, 1.54) is 0 Å². The van der Waals surface area contributed by atoms with Gasteiger partial charge in [-0.25, -0.2) is 9.59 Å². The molecule has 0 bridgehead atoms. The predicted octanol–water partition coefficient (Wildman–Crippen LogP) is 4.06. The van der Waals surface area contributed by atoms with Crippen molar-refractivity contribution < 1.29 is 14.3 Å². The fourth-order valence-corrected chi connectivity index (χ4v) is 3.06. The van der Waals surface area contributed by atoms with Gasteiger partial charge < -0.3 is 15.4 Å². The van der Waals surface area contributed by atoms with Crippen molar-refractivity contribution in [3.05, 3.63) is 65.7 Å². The molecule has 2 N–H and O–H groups in total. The minimum Gasteiger partial charge on any atom is -0.462 e. The molecular weight excluding hydrogens is 316 g/mol. The molecule has 0 radical (unpaired) electrons. The summed E-state index contributed by atoms with van der Waals surface area (Å²) in [5.74, 6) is -0.365. The number of ether oxygens (including phenoxy) is 1. The third-order valence-electron chi connectivity index (χ3n) is 4.54. The van der Waals surface area contributed by atoms with Crippen LogP contribution in [0.15, 0.2) is 54.6 Å². The van der Waals surface area contributed by atoms with E-state index in [0.29, 0.717) is 17.9 Å². The van der Waals surface area contributed by atoms with E-state index in [1.54, 1.807) is 31.2 Å². The first-order valence-electron chi connectivity index (χ1n) is 8.55. The maximum atomic E-state index is 12.4. The number of rotatable bonds is 5. The van der Waals surface area contributed by atoms with Crippen molar-refractivity contribution in [2.45, 2.75) is 31.7 Å². The van der Waals surface area contributed by atoms with Crippen LogP contribution in [0.2, 0.25) is 0 Å². The number of hydrogen-bond acceptors (Lipinski definition) is 3. The molecule has 5 heteroatoms. The SMILES string of the molecule is CCOC(=O)c1ccc(NC(=O)NC2(c3ccccc3)CCC2)cc1. The zero-order valence-electron chi connectivity index (χ0n) is 14.2. The van der Waals surface area contributed by atoms with Crippen LogP contribution in [0.1, 0.15) is 42.1 Å². The van der Waals surface area contributed by atoms with Gasteiger partial charge in [-0.15, -0.1) is 0 Å². The number of carbonyl (C=O) groups excluding carboxylic acids is 2. The molecule has 1 fully saturated rings. The molecule has 0 aliphatic heterocycles. The van der Waals surface area contributed by atoms with Crippen LogP contribution in [-0.4, -0.2) is 18.6 Å². The van der Waals surface area contributed by atoms with E-state index in [1.807, 2.05) is 30.3 Å². The van der Waals surface area contributed by atoms with Crippen molar-refractivity contribution in [2.24, 2.45) is 0 Å². The van der Waals surface area contributed by atoms with E-state index >= 15 is 0 Å². The lowest BCUT2D eigenvalue weighted by atomic mass is 9.72. The summed E-state index contributed by atoms with van der Waals surface area (Å²) in [7, 11) is 0. The lowest BCUT2D eigenvalue weighted by molar-refractivity contribution is 0.0526. The highest BCUT2D eigenvalue weighted by Gasteiger charge is 2.39. The van der Waals surface area contributed by atoms with Crippen LogP contribution in [0.3, 0.4) is 0 Å². The first kappa shape index (κ1) is 17.0. The summed E-state index contributed by atoms with van der Waals surface area (Å²) in [6, 6.07) is 16.5. The zero-order valence-corrected chi connectivity index (χ0v) is 14.2. The van der Waals surface area contributed by atoms with Gasteiger partial charge in [0.1, 0.15) is 0 Å². The van der Waals surface area contributed by atoms with Crippen molar-refractivity contribution >= 4 is 17.7 Å². The third kappa shape index (κ3) is 3.82. The van der Waals surface area contributed by atoms with Crippen LogP contribution < -0.4 is 10.6 Å². The Labute approximate surface area is 147 Å². The van der Waals surface area contributed by atoms with Crippen molar-refractivity contribution in [1.29, 1.82) is 0 Å². The molecule has 1 saturated carbocycles. The van der Waals surface area contributed by atoms with E-state index in [-0.39, 0.29) is 17.5 Å². The Hall–Kier alpha value is -2.82. The molecule has 1 aliphatic carbocycles. The summed E-state index contributed by atoms with van der Waals surface area (Å²) in [5, 5.41) is 5.94. The number of nitrogens with one attached hydrogen (secondary N) is 2. The highest BCUT2D eigenvalue weighted by molar-refractivity contribution is 5.92. The molecule has 0 aromatic heterocycles. The zero-order chi connectivity index (χ0) is 17.7. The van der Waals surface area contributed by atoms with Gasteiger partial charge in [-0.3, -0.25) is 0 Å². The van der Waals surface area contributed by atoms with Crippen molar-refractivity contribution in [3.8, 4) is 0 Å². The molecule has 2 amide bonds. The second kappa shape index (κ2) is 7.38. The van der Waals surface area contributed by atoms with Crippen LogP contribution in [-0.2, 0) is 10.3 Å². The normalized spacial score (nSPS) is 14.9. The smallest absolute Gasteiger partial charge is 0.338 e. The second-order valence-electron chi connectivity index (χ2n) is 6.18. The minimum atomic E-state index is -0.365. The fourth-order valence-electron chi connectivity index (χ4n) is 3.06. The molecular formula is C20H22N2O3. The Balaban J connectivity index is 1.63. The molecule has 0 unspecified atom stereocenters. The Morgan fingerprint density at radius 3 is 2.28 bits per heavy atom. The summed E-state index contributed by atoms with van der Waals surface area (Å²) in [6.07, 6.45) is 2.97. The fraction of sp³-hybridized carbons (Fsp3) is 0.300. The number of anilines is 1. The first-order valence-corrected chi connectivity index (χ1v) is 8.55. The molecule has 0 spiro atoms. The molecule has 0 saturated heterocycles. The van der Waals surface area contributed by atoms with Gasteiger partial charge in [-0.1, -0.05) is 30.3 Å². The van der Waals surface area contributed by atoms with E-state index in [9.17, 15) is 9.59 Å². The van der Waals surface area contributed by atoms with E-state index in [0.717, 1.165) is 24.8 Å². The Bertz CT molecular complexity index is 737. The Morgan fingerprint density at radius 1 is 1.04 bits per heavy atom. The van der Waals surface area contributed by atoms with Gasteiger partial charge in [-0.05, 0) is 56.0 Å². The molecule has 2 aromatic rings. The number of carbonyl (C=O) groups is 2. The molecule has 3 rings (SSSR count). The van der Waals surface area contributed by atoms with Crippen LogP contribution in [0.25, 0.3) is 0 Å². The summed E-state index contributed by atoms with van der Waals surface area (Å²) in [4.78, 5) is 24.0. The number of esters is 1. The van der Waals surface area contributed by atoms with Crippen molar-refractivity contribution in [1.82, 2.24) is 5.32 Å². The lowest BCUT2D eigenvalue weighted by Crippen LogP contribution is -2.52. The topological polar surface area (TPSA) is 67.4 Å². The molecule has 0 heterocycles. The number of hydrogen-bond donors (Lipinski definition) is 2. The molecule has 5 nitrogen and oxygen atoms in total. The van der Waals surface area contributed by atoms with Gasteiger partial charge in [0.25, 0.3) is 0 Å². The molecule has 25 heavy (non-hydrogen) atoms. The molecule has 1 aliphatic rings. The largest absolute Gasteiger partial charge is 0.462 e. The Morgan fingerprint density at radius 2 is 1.72 bits per heavy atom. The lowest BCUT2D eigenvalue weighted by Gasteiger charge is -2.43. The number of benzene rings is 2. The van der Waals surface area contributed by atoms with Gasteiger partial charge in [0.05, 0.1) is 17.7 Å². The van der Waals surface area contributed by atoms with Gasteiger partial charge in [0.2, 0.25) is 0 Å². The quantitative estimate of drug-likeness (QED) is 0.808. The van der Waals surface area contributed by atoms with Gasteiger partial charge in [0.15, 0.2) is 0 Å². The average Bonchev–Trinajstić information content (AvgIpc) is 2.60. The molecule has 130 valence electrons. The van der Waals surface area contributed by atoms with E-state index in [2.05, 4.69) is 10.6 Å². The predicted molar refractivity (Wildman–Crippen MR) is 96.5 cm³/mol. The van der Waals surface area contributed by atoms with E-state index < -0.39 is 0 Å². The molecule has 2 aromatic carbocycles. The van der Waals surface area contributed by atoms with Crippen molar-refractivity contribution in [3.63, 3.8) is 0 Å². The summed E-state index contributed by atoms with van der Waals surface area (Å²) in [6.45, 7) is 2.10. The highest BCUT2D eigenvalue weighted by atomic mass is 16.5. The number of urea groups is 1. The standard InChI is InChI=1S/C20H22N2O3/c1-2-25-18(23)15-9-11-17(12-10-15)21-19(24)22-20(13-6-14-20)16-7-4-3-5-8-16/h3-5,7-12H,2,6,13-14H2,1H3,(H2,21,22,24). The second-order valence-corrected chi connectivity index (χ2v) is 6.18. The van der Waals surface area contributed by atoms with Crippen LogP contribution in [0.5, 0.6) is 0 Å². The summed E-state index contributed by atoms with van der Waals surface area (Å²) < 4.78 is 4.95. The summed E-state index contributed by atoms with van der Waals surface area (Å²) >= 11 is 0. The monoisotopic (exact) mass is 338 g/mol. The molecule has 0 atom stereocenters. The Kier molecular flexibility index (Phi) is 5.03. The van der Waals surface area contributed by atoms with Gasteiger partial charge in [-0.2, -0.15) is 0 Å². The minimum absolute atomic E-state index is 0.243. The first-order chi connectivity index (χ1) is 12.1. The van der Waals surface area contributed by atoms with Crippen LogP contribution in [0.4, 0.5) is 10.5 Å². The maximum Gasteiger partial charge on any atom is 0.338 e. The summed E-state index contributed by atoms with van der Waals surface area (Å²) in [5.41, 5.74) is 1.95. The maximum absolute atomic E-state index is 12.4. The van der Waals surface area contributed by atoms with Crippen LogP contribution >= 0.6 is 0 Å². The van der Waals surface area contributed by atoms with Crippen molar-refractivity contribution in [2.75, 3.05) is 11.9 Å². The van der Waals surface area contributed by atoms with Gasteiger partial charge in [0, 0.05) is 5.69 Å². The number of amides is 2. The van der Waals surface area contributed by atoms with Crippen LogP contribution in [0, 0.1) is 0 Å². The van der Waals surface area contributed by atoms with Gasteiger partial charge >= 0.3 is 12.0 Å². The third-order valence-corrected chi connectivity index (χ3v) is 4.54. The average molecular weight is 338 g/mol. The van der Waals surface area contributed by atoms with E-state index in [4.69, 9.17) is 4.74 Å². The highest BCUT2D eigenvalue weighted by Crippen LogP contribution is 2.41.